The van der Waals surface area contributed by atoms with Crippen LogP contribution in [-0.4, -0.2) is 26.0 Å². The smallest absolute Gasteiger partial charge is 0.264 e. The van der Waals surface area contributed by atoms with E-state index in [9.17, 15) is 9.90 Å². The fourth-order valence-corrected chi connectivity index (χ4v) is 2.49. The van der Waals surface area contributed by atoms with Crippen molar-refractivity contribution in [2.24, 2.45) is 5.10 Å². The van der Waals surface area contributed by atoms with Crippen LogP contribution in [0.4, 0.5) is 5.69 Å². The van der Waals surface area contributed by atoms with Gasteiger partial charge in [-0.2, -0.15) is 5.10 Å². The number of rotatable bonds is 6. The van der Waals surface area contributed by atoms with Gasteiger partial charge < -0.3 is 10.4 Å². The summed E-state index contributed by atoms with van der Waals surface area (Å²) in [6.45, 7) is 2.54. The highest BCUT2D eigenvalue weighted by Crippen LogP contribution is 2.12. The van der Waals surface area contributed by atoms with Gasteiger partial charge in [0.2, 0.25) is 5.88 Å². The Morgan fingerprint density at radius 3 is 2.80 bits per heavy atom. The van der Waals surface area contributed by atoms with Crippen LogP contribution in [0.1, 0.15) is 25.3 Å². The molecule has 132 valence electrons. The van der Waals surface area contributed by atoms with Crippen LogP contribution in [0.5, 0.6) is 5.88 Å². The lowest BCUT2D eigenvalue weighted by Crippen LogP contribution is -2.25. The van der Waals surface area contributed by atoms with E-state index >= 15 is 0 Å². The zero-order chi connectivity index (χ0) is 18.2. The third kappa shape index (κ3) is 5.23. The summed E-state index contributed by atoms with van der Waals surface area (Å²) in [7, 11) is 0. The summed E-state index contributed by atoms with van der Waals surface area (Å²) in [6, 6.07) is 9.35. The summed E-state index contributed by atoms with van der Waals surface area (Å²) in [5, 5.41) is 17.4. The number of H-pyrrole nitrogens is 1. The molecule has 0 aliphatic heterocycles. The highest BCUT2D eigenvalue weighted by molar-refractivity contribution is 7.80. The zero-order valence-electron chi connectivity index (χ0n) is 13.7. The average molecular weight is 377 g/mol. The molecule has 0 aliphatic rings. The summed E-state index contributed by atoms with van der Waals surface area (Å²) in [4.78, 5) is 14.5. The highest BCUT2D eigenvalue weighted by atomic mass is 32.1. The number of benzene rings is 1. The second kappa shape index (κ2) is 9.09. The molecule has 25 heavy (non-hydrogen) atoms. The van der Waals surface area contributed by atoms with Crippen LogP contribution < -0.4 is 16.3 Å². The Morgan fingerprint density at radius 1 is 1.40 bits per heavy atom. The standard InChI is InChI=1S/C16H19N5O2S2/c1-2-3-9-21-14(23)12(13(22)19-16(21)25)10-17-20-15(24)18-11-7-5-4-6-8-11/h4-8,10,23H,2-3,9H2,1H3,(H2,18,20,24)(H,19,22,25)/b17-10+. The number of hydrogen-bond acceptors (Lipinski definition) is 5. The van der Waals surface area contributed by atoms with Crippen LogP contribution in [0.25, 0.3) is 0 Å². The van der Waals surface area contributed by atoms with E-state index in [4.69, 9.17) is 24.4 Å². The Kier molecular flexibility index (Phi) is 6.84. The molecule has 0 saturated carbocycles. The van der Waals surface area contributed by atoms with E-state index in [2.05, 4.69) is 20.8 Å². The lowest BCUT2D eigenvalue weighted by molar-refractivity contribution is 0.398. The molecule has 0 aliphatic carbocycles. The van der Waals surface area contributed by atoms with Gasteiger partial charge in [-0.15, -0.1) is 0 Å². The summed E-state index contributed by atoms with van der Waals surface area (Å²) in [6.07, 6.45) is 2.98. The number of aromatic amines is 1. The Balaban J connectivity index is 2.11. The molecule has 0 radical (unpaired) electrons. The number of thiocarbonyl (C=S) groups is 1. The van der Waals surface area contributed by atoms with Gasteiger partial charge in [0, 0.05) is 12.2 Å². The fraction of sp³-hybridized carbons (Fsp3) is 0.250. The van der Waals surface area contributed by atoms with Gasteiger partial charge in [-0.05, 0) is 43.0 Å². The SMILES string of the molecule is CCCCn1c(O)c(/C=N/NC(=S)Nc2ccccc2)c(=O)[nH]c1=S. The quantitative estimate of drug-likeness (QED) is 0.351. The summed E-state index contributed by atoms with van der Waals surface area (Å²) < 4.78 is 1.66. The second-order valence-electron chi connectivity index (χ2n) is 5.19. The lowest BCUT2D eigenvalue weighted by atomic mass is 10.3. The van der Waals surface area contributed by atoms with Crippen LogP contribution >= 0.6 is 24.4 Å². The predicted octanol–water partition coefficient (Wildman–Crippen LogP) is 2.73. The average Bonchev–Trinajstić information content (AvgIpc) is 2.58. The molecule has 1 heterocycles. The van der Waals surface area contributed by atoms with Gasteiger partial charge >= 0.3 is 0 Å². The molecule has 4 N–H and O–H groups in total. The number of para-hydroxylation sites is 1. The van der Waals surface area contributed by atoms with Crippen molar-refractivity contribution in [2.75, 3.05) is 5.32 Å². The molecule has 9 heteroatoms. The predicted molar refractivity (Wildman–Crippen MR) is 106 cm³/mol. The molecule has 1 aromatic carbocycles. The topological polar surface area (TPSA) is 94.4 Å². The third-order valence-corrected chi connectivity index (χ3v) is 3.85. The van der Waals surface area contributed by atoms with Crippen LogP contribution in [0.15, 0.2) is 40.2 Å². The monoisotopic (exact) mass is 377 g/mol. The number of anilines is 1. The van der Waals surface area contributed by atoms with Crippen molar-refractivity contribution in [1.82, 2.24) is 15.0 Å². The first kappa shape index (κ1) is 18.8. The van der Waals surface area contributed by atoms with Crippen molar-refractivity contribution in [3.05, 3.63) is 51.0 Å². The van der Waals surface area contributed by atoms with Gasteiger partial charge in [0.1, 0.15) is 5.56 Å². The van der Waals surface area contributed by atoms with Gasteiger partial charge in [0.15, 0.2) is 9.88 Å². The van der Waals surface area contributed by atoms with Crippen LogP contribution in [0, 0.1) is 4.77 Å². The maximum Gasteiger partial charge on any atom is 0.264 e. The molecule has 0 fully saturated rings. The first-order valence-electron chi connectivity index (χ1n) is 7.74. The minimum absolute atomic E-state index is 0.0136. The van der Waals surface area contributed by atoms with Gasteiger partial charge in [0.25, 0.3) is 5.56 Å². The van der Waals surface area contributed by atoms with Crippen molar-refractivity contribution in [3.8, 4) is 5.88 Å². The molecule has 0 saturated heterocycles. The normalized spacial score (nSPS) is 10.8. The molecular weight excluding hydrogens is 358 g/mol. The Morgan fingerprint density at radius 2 is 2.12 bits per heavy atom. The van der Waals surface area contributed by atoms with E-state index in [1.165, 1.54) is 10.8 Å². The number of aromatic hydroxyl groups is 1. The molecule has 7 nitrogen and oxygen atoms in total. The van der Waals surface area contributed by atoms with Gasteiger partial charge in [-0.25, -0.2) is 0 Å². The van der Waals surface area contributed by atoms with E-state index in [1.54, 1.807) is 0 Å². The number of unbranched alkanes of at least 4 members (excludes halogenated alkanes) is 1. The number of nitrogens with one attached hydrogen (secondary N) is 3. The van der Waals surface area contributed by atoms with Crippen molar-refractivity contribution in [1.29, 1.82) is 0 Å². The highest BCUT2D eigenvalue weighted by Gasteiger charge is 2.10. The van der Waals surface area contributed by atoms with Crippen LogP contribution in [0.2, 0.25) is 0 Å². The molecule has 0 spiro atoms. The summed E-state index contributed by atoms with van der Waals surface area (Å²) >= 11 is 10.2. The van der Waals surface area contributed by atoms with Crippen LogP contribution in [0.3, 0.4) is 0 Å². The largest absolute Gasteiger partial charge is 0.494 e. The number of nitrogens with zero attached hydrogens (tertiary/aromatic N) is 2. The maximum absolute atomic E-state index is 12.0. The van der Waals surface area contributed by atoms with Crippen molar-refractivity contribution >= 4 is 41.5 Å². The minimum atomic E-state index is -0.511. The number of aromatic nitrogens is 2. The summed E-state index contributed by atoms with van der Waals surface area (Å²) in [5.41, 5.74) is 2.91. The minimum Gasteiger partial charge on any atom is -0.494 e. The first-order chi connectivity index (χ1) is 12.0. The maximum atomic E-state index is 12.0. The van der Waals surface area contributed by atoms with E-state index in [0.717, 1.165) is 18.5 Å². The van der Waals surface area contributed by atoms with Crippen molar-refractivity contribution in [3.63, 3.8) is 0 Å². The second-order valence-corrected chi connectivity index (χ2v) is 5.99. The molecular formula is C16H19N5O2S2. The zero-order valence-corrected chi connectivity index (χ0v) is 15.3. The fourth-order valence-electron chi connectivity index (χ4n) is 2.05. The molecule has 1 aromatic heterocycles. The number of hydrogen-bond donors (Lipinski definition) is 4. The number of hydrazone groups is 1. The molecule has 0 atom stereocenters. The Bertz CT molecular complexity index is 874. The van der Waals surface area contributed by atoms with Crippen LogP contribution in [-0.2, 0) is 6.54 Å². The van der Waals surface area contributed by atoms with E-state index in [0.29, 0.717) is 6.54 Å². The van der Waals surface area contributed by atoms with Gasteiger partial charge in [0.05, 0.1) is 6.21 Å². The molecule has 0 amide bonds. The van der Waals surface area contributed by atoms with Crippen molar-refractivity contribution in [2.45, 2.75) is 26.3 Å². The van der Waals surface area contributed by atoms with Gasteiger partial charge in [-0.1, -0.05) is 31.5 Å². The lowest BCUT2D eigenvalue weighted by Gasteiger charge is -2.10. The molecule has 2 rings (SSSR count). The summed E-state index contributed by atoms with van der Waals surface area (Å²) in [5.74, 6) is -0.213. The van der Waals surface area contributed by atoms with E-state index in [1.807, 2.05) is 37.3 Å². The Hall–Kier alpha value is -2.52. The first-order valence-corrected chi connectivity index (χ1v) is 8.55. The third-order valence-electron chi connectivity index (χ3n) is 3.33. The Labute approximate surface area is 155 Å². The van der Waals surface area contributed by atoms with E-state index < -0.39 is 5.56 Å². The molecule has 2 aromatic rings. The molecule has 0 unspecified atom stereocenters. The molecule has 0 bridgehead atoms. The van der Waals surface area contributed by atoms with E-state index in [-0.39, 0.29) is 21.3 Å². The van der Waals surface area contributed by atoms with Gasteiger partial charge in [-0.3, -0.25) is 19.8 Å². The van der Waals surface area contributed by atoms with Crippen molar-refractivity contribution < 1.29 is 5.11 Å².